The SMILES string of the molecule is Cc1c(Cl)ccc2sc(N(CCN(C)C)C(=O)c3c[nH]c4ccccc34)nc12. The fourth-order valence-corrected chi connectivity index (χ4v) is 4.38. The third-order valence-electron chi connectivity index (χ3n) is 4.80. The van der Waals surface area contributed by atoms with Crippen LogP contribution in [0.25, 0.3) is 21.1 Å². The molecule has 0 fully saturated rings. The van der Waals surface area contributed by atoms with Gasteiger partial charge in [0.05, 0.1) is 15.8 Å². The lowest BCUT2D eigenvalue weighted by molar-refractivity contribution is 0.0987. The van der Waals surface area contributed by atoms with Crippen LogP contribution in [-0.2, 0) is 0 Å². The van der Waals surface area contributed by atoms with Crippen molar-refractivity contribution in [2.75, 3.05) is 32.1 Å². The number of para-hydroxylation sites is 1. The molecule has 1 N–H and O–H groups in total. The van der Waals surface area contributed by atoms with Gasteiger partial charge in [-0.25, -0.2) is 4.98 Å². The predicted molar refractivity (Wildman–Crippen MR) is 118 cm³/mol. The lowest BCUT2D eigenvalue weighted by Gasteiger charge is -2.21. The van der Waals surface area contributed by atoms with Gasteiger partial charge < -0.3 is 9.88 Å². The van der Waals surface area contributed by atoms with Crippen molar-refractivity contribution >= 4 is 55.1 Å². The number of aromatic nitrogens is 2. The molecule has 1 amide bonds. The summed E-state index contributed by atoms with van der Waals surface area (Å²) in [7, 11) is 3.99. The molecule has 144 valence electrons. The number of hydrogen-bond donors (Lipinski definition) is 1. The molecule has 0 bridgehead atoms. The van der Waals surface area contributed by atoms with Gasteiger partial charge in [-0.05, 0) is 44.8 Å². The Balaban J connectivity index is 1.79. The molecule has 0 unspecified atom stereocenters. The summed E-state index contributed by atoms with van der Waals surface area (Å²) < 4.78 is 1.03. The fraction of sp³-hybridized carbons (Fsp3) is 0.238. The van der Waals surface area contributed by atoms with Gasteiger partial charge in [-0.3, -0.25) is 9.69 Å². The topological polar surface area (TPSA) is 52.2 Å². The van der Waals surface area contributed by atoms with E-state index in [1.54, 1.807) is 11.1 Å². The summed E-state index contributed by atoms with van der Waals surface area (Å²) in [6.07, 6.45) is 1.78. The number of benzene rings is 2. The third kappa shape index (κ3) is 3.39. The van der Waals surface area contributed by atoms with Crippen LogP contribution in [0.1, 0.15) is 15.9 Å². The van der Waals surface area contributed by atoms with Crippen LogP contribution >= 0.6 is 22.9 Å². The maximum Gasteiger partial charge on any atom is 0.262 e. The number of likely N-dealkylation sites (N-methyl/N-ethyl adjacent to an activating group) is 1. The average Bonchev–Trinajstić information content (AvgIpc) is 3.29. The van der Waals surface area contributed by atoms with Crippen LogP contribution in [0.4, 0.5) is 5.13 Å². The quantitative estimate of drug-likeness (QED) is 0.504. The van der Waals surface area contributed by atoms with Gasteiger partial charge in [-0.15, -0.1) is 0 Å². The zero-order valence-corrected chi connectivity index (χ0v) is 17.6. The predicted octanol–water partition coefficient (Wildman–Crippen LogP) is 4.95. The van der Waals surface area contributed by atoms with E-state index in [2.05, 4.69) is 9.88 Å². The van der Waals surface area contributed by atoms with E-state index in [0.29, 0.717) is 22.3 Å². The van der Waals surface area contributed by atoms with Gasteiger partial charge in [0.1, 0.15) is 0 Å². The van der Waals surface area contributed by atoms with E-state index >= 15 is 0 Å². The van der Waals surface area contributed by atoms with Crippen LogP contribution in [-0.4, -0.2) is 48.0 Å². The van der Waals surface area contributed by atoms with Crippen LogP contribution in [0.5, 0.6) is 0 Å². The van der Waals surface area contributed by atoms with E-state index in [-0.39, 0.29) is 5.91 Å². The highest BCUT2D eigenvalue weighted by molar-refractivity contribution is 7.22. The average molecular weight is 413 g/mol. The first-order chi connectivity index (χ1) is 13.5. The number of H-pyrrole nitrogens is 1. The summed E-state index contributed by atoms with van der Waals surface area (Å²) >= 11 is 7.78. The molecule has 2 heterocycles. The molecule has 0 aliphatic carbocycles. The van der Waals surface area contributed by atoms with Gasteiger partial charge in [0.15, 0.2) is 5.13 Å². The Kier molecular flexibility index (Phi) is 5.10. The Hall–Kier alpha value is -2.41. The minimum absolute atomic E-state index is 0.0536. The molecular formula is C21H21ClN4OS. The molecule has 2 aromatic carbocycles. The summed E-state index contributed by atoms with van der Waals surface area (Å²) in [5, 5.41) is 2.30. The number of thiazole rings is 1. The number of nitrogens with one attached hydrogen (secondary N) is 1. The van der Waals surface area contributed by atoms with Crippen molar-refractivity contribution < 1.29 is 4.79 Å². The summed E-state index contributed by atoms with van der Waals surface area (Å²) in [4.78, 5) is 25.3. The summed E-state index contributed by atoms with van der Waals surface area (Å²) in [6, 6.07) is 11.7. The van der Waals surface area contributed by atoms with Gasteiger partial charge in [-0.2, -0.15) is 0 Å². The molecule has 0 saturated heterocycles. The van der Waals surface area contributed by atoms with E-state index in [0.717, 1.165) is 33.2 Å². The molecule has 0 spiro atoms. The Morgan fingerprint density at radius 2 is 1.96 bits per heavy atom. The number of hydrogen-bond acceptors (Lipinski definition) is 4. The van der Waals surface area contributed by atoms with Gasteiger partial charge in [-0.1, -0.05) is 41.1 Å². The molecule has 0 aliphatic rings. The minimum atomic E-state index is -0.0536. The number of aryl methyl sites for hydroxylation is 1. The van der Waals surface area contributed by atoms with Crippen molar-refractivity contribution in [3.63, 3.8) is 0 Å². The van der Waals surface area contributed by atoms with Crippen molar-refractivity contribution in [3.05, 3.63) is 58.7 Å². The first-order valence-corrected chi connectivity index (χ1v) is 10.2. The number of rotatable bonds is 5. The van der Waals surface area contributed by atoms with Gasteiger partial charge in [0, 0.05) is 35.2 Å². The van der Waals surface area contributed by atoms with Crippen LogP contribution in [0.15, 0.2) is 42.6 Å². The highest BCUT2D eigenvalue weighted by Crippen LogP contribution is 2.34. The van der Waals surface area contributed by atoms with Gasteiger partial charge >= 0.3 is 0 Å². The molecule has 0 aliphatic heterocycles. The Labute approximate surface area is 172 Å². The molecule has 28 heavy (non-hydrogen) atoms. The Morgan fingerprint density at radius 1 is 1.18 bits per heavy atom. The van der Waals surface area contributed by atoms with E-state index in [9.17, 15) is 4.79 Å². The number of halogens is 1. The zero-order chi connectivity index (χ0) is 19.8. The van der Waals surface area contributed by atoms with Crippen molar-refractivity contribution in [3.8, 4) is 0 Å². The van der Waals surface area contributed by atoms with Crippen molar-refractivity contribution in [1.29, 1.82) is 0 Å². The largest absolute Gasteiger partial charge is 0.360 e. The standard InChI is InChI=1S/C21H21ClN4OS/c1-13-16(22)8-9-18-19(13)24-21(28-18)26(11-10-25(2)3)20(27)15-12-23-17-7-5-4-6-14(15)17/h4-9,12,23H,10-11H2,1-3H3. The second kappa shape index (κ2) is 7.54. The van der Waals surface area contributed by atoms with Crippen LogP contribution in [0.2, 0.25) is 5.02 Å². The monoisotopic (exact) mass is 412 g/mol. The van der Waals surface area contributed by atoms with Crippen LogP contribution in [0, 0.1) is 6.92 Å². The molecule has 0 saturated carbocycles. The molecule has 4 rings (SSSR count). The molecule has 4 aromatic rings. The lowest BCUT2D eigenvalue weighted by Crippen LogP contribution is -2.36. The second-order valence-electron chi connectivity index (χ2n) is 7.02. The summed E-state index contributed by atoms with van der Waals surface area (Å²) in [5.74, 6) is -0.0536. The highest BCUT2D eigenvalue weighted by Gasteiger charge is 2.24. The number of fused-ring (bicyclic) bond motifs is 2. The van der Waals surface area contributed by atoms with Crippen molar-refractivity contribution in [1.82, 2.24) is 14.9 Å². The maximum absolute atomic E-state index is 13.5. The van der Waals surface area contributed by atoms with Crippen LogP contribution < -0.4 is 4.90 Å². The molecule has 2 aromatic heterocycles. The first kappa shape index (κ1) is 18.9. The van der Waals surface area contributed by atoms with Gasteiger partial charge in [0.2, 0.25) is 0 Å². The Bertz CT molecular complexity index is 1160. The number of nitrogens with zero attached hydrogens (tertiary/aromatic N) is 3. The van der Waals surface area contributed by atoms with Crippen molar-refractivity contribution in [2.45, 2.75) is 6.92 Å². The second-order valence-corrected chi connectivity index (χ2v) is 8.44. The van der Waals surface area contributed by atoms with Gasteiger partial charge in [0.25, 0.3) is 5.91 Å². The van der Waals surface area contributed by atoms with E-state index in [1.807, 2.05) is 57.4 Å². The van der Waals surface area contributed by atoms with Crippen LogP contribution in [0.3, 0.4) is 0 Å². The molecule has 5 nitrogen and oxygen atoms in total. The third-order valence-corrected chi connectivity index (χ3v) is 6.26. The lowest BCUT2D eigenvalue weighted by atomic mass is 10.1. The van der Waals surface area contributed by atoms with E-state index in [1.165, 1.54) is 11.3 Å². The zero-order valence-electron chi connectivity index (χ0n) is 16.0. The number of carbonyl (C=O) groups is 1. The van der Waals surface area contributed by atoms with E-state index in [4.69, 9.17) is 16.6 Å². The number of aromatic amines is 1. The fourth-order valence-electron chi connectivity index (χ4n) is 3.18. The molecule has 7 heteroatoms. The number of anilines is 1. The van der Waals surface area contributed by atoms with E-state index < -0.39 is 0 Å². The van der Waals surface area contributed by atoms with Crippen molar-refractivity contribution in [2.24, 2.45) is 0 Å². The molecule has 0 atom stereocenters. The molecule has 0 radical (unpaired) electrons. The summed E-state index contributed by atoms with van der Waals surface area (Å²) in [6.45, 7) is 3.25. The molecular weight excluding hydrogens is 392 g/mol. The maximum atomic E-state index is 13.5. The Morgan fingerprint density at radius 3 is 2.75 bits per heavy atom. The smallest absolute Gasteiger partial charge is 0.262 e. The number of carbonyl (C=O) groups excluding carboxylic acids is 1. The number of amides is 1. The highest BCUT2D eigenvalue weighted by atomic mass is 35.5. The normalized spacial score (nSPS) is 11.6. The summed E-state index contributed by atoms with van der Waals surface area (Å²) in [5.41, 5.74) is 3.40. The minimum Gasteiger partial charge on any atom is -0.360 e. The first-order valence-electron chi connectivity index (χ1n) is 9.04.